The van der Waals surface area contributed by atoms with Crippen LogP contribution in [0.25, 0.3) is 10.9 Å². The third kappa shape index (κ3) is 1.42. The van der Waals surface area contributed by atoms with Gasteiger partial charge in [-0.25, -0.2) is 13.6 Å². The predicted octanol–water partition coefficient (Wildman–Crippen LogP) is 2.21. The number of nitrogens with zero attached hydrogens (tertiary/aromatic N) is 2. The molecule has 2 aromatic rings. The summed E-state index contributed by atoms with van der Waals surface area (Å²) >= 11 is 0. The Labute approximate surface area is 89.1 Å². The van der Waals surface area contributed by atoms with E-state index in [1.54, 1.807) is 0 Å². The fraction of sp³-hybridized carbons (Fsp3) is 0.200. The smallest absolute Gasteiger partial charge is 0.337 e. The average molecular weight is 226 g/mol. The van der Waals surface area contributed by atoms with Gasteiger partial charge in [0.15, 0.2) is 0 Å². The number of halogens is 2. The third-order valence-corrected chi connectivity index (χ3v) is 2.33. The summed E-state index contributed by atoms with van der Waals surface area (Å²) in [5, 5.41) is 12.7. The van der Waals surface area contributed by atoms with Crippen LogP contribution in [0.15, 0.2) is 18.2 Å². The van der Waals surface area contributed by atoms with Crippen molar-refractivity contribution in [1.82, 2.24) is 9.78 Å². The molecule has 84 valence electrons. The first-order chi connectivity index (χ1) is 7.52. The molecule has 0 aliphatic heterocycles. The van der Waals surface area contributed by atoms with Crippen molar-refractivity contribution >= 4 is 16.9 Å². The molecule has 0 unspecified atom stereocenters. The summed E-state index contributed by atoms with van der Waals surface area (Å²) in [6, 6.07) is 4.23. The minimum absolute atomic E-state index is 0.0283. The zero-order valence-corrected chi connectivity index (χ0v) is 8.32. The van der Waals surface area contributed by atoms with Gasteiger partial charge in [0.1, 0.15) is 5.69 Å². The van der Waals surface area contributed by atoms with Crippen molar-refractivity contribution in [3.8, 4) is 0 Å². The first kappa shape index (κ1) is 10.5. The Morgan fingerprint density at radius 3 is 2.75 bits per heavy atom. The van der Waals surface area contributed by atoms with Crippen molar-refractivity contribution < 1.29 is 18.7 Å². The fourth-order valence-electron chi connectivity index (χ4n) is 1.70. The number of alkyl halides is 2. The first-order valence-electron chi connectivity index (χ1n) is 4.49. The summed E-state index contributed by atoms with van der Waals surface area (Å²) in [6.07, 6.45) is -2.72. The van der Waals surface area contributed by atoms with Crippen LogP contribution in [0.1, 0.15) is 22.5 Å². The van der Waals surface area contributed by atoms with Gasteiger partial charge in [-0.1, -0.05) is 12.1 Å². The molecule has 0 bridgehead atoms. The summed E-state index contributed by atoms with van der Waals surface area (Å²) < 4.78 is 26.4. The van der Waals surface area contributed by atoms with E-state index in [1.807, 2.05) is 0 Å². The largest absolute Gasteiger partial charge is 0.478 e. The fourth-order valence-corrected chi connectivity index (χ4v) is 1.70. The van der Waals surface area contributed by atoms with Gasteiger partial charge >= 0.3 is 5.97 Å². The second-order valence-corrected chi connectivity index (χ2v) is 3.32. The van der Waals surface area contributed by atoms with E-state index < -0.39 is 12.4 Å². The lowest BCUT2D eigenvalue weighted by molar-refractivity contribution is 0.0698. The molecule has 1 heterocycles. The molecule has 0 spiro atoms. The van der Waals surface area contributed by atoms with Crippen LogP contribution in [0.3, 0.4) is 0 Å². The molecule has 0 aliphatic rings. The maximum absolute atomic E-state index is 12.6. The second-order valence-electron chi connectivity index (χ2n) is 3.32. The molecular formula is C10H8F2N2O2. The van der Waals surface area contributed by atoms with Crippen molar-refractivity contribution in [3.05, 3.63) is 29.5 Å². The van der Waals surface area contributed by atoms with E-state index >= 15 is 0 Å². The molecule has 0 fully saturated rings. The lowest BCUT2D eigenvalue weighted by Crippen LogP contribution is -2.00. The molecule has 0 saturated carbocycles. The lowest BCUT2D eigenvalue weighted by atomic mass is 10.1. The normalized spacial score (nSPS) is 11.2. The van der Waals surface area contributed by atoms with Gasteiger partial charge in [0, 0.05) is 12.4 Å². The van der Waals surface area contributed by atoms with Gasteiger partial charge in [-0.2, -0.15) is 5.10 Å². The number of fused-ring (bicyclic) bond motifs is 1. The molecule has 1 N–H and O–H groups in total. The number of hydrogen-bond donors (Lipinski definition) is 1. The Morgan fingerprint density at radius 1 is 1.50 bits per heavy atom. The molecule has 0 radical (unpaired) electrons. The number of aryl methyl sites for hydroxylation is 1. The Morgan fingerprint density at radius 2 is 2.19 bits per heavy atom. The Bertz CT molecular complexity index is 563. The highest BCUT2D eigenvalue weighted by Gasteiger charge is 2.20. The van der Waals surface area contributed by atoms with Crippen molar-refractivity contribution in [3.63, 3.8) is 0 Å². The average Bonchev–Trinajstić information content (AvgIpc) is 2.56. The van der Waals surface area contributed by atoms with Crippen molar-refractivity contribution in [2.45, 2.75) is 6.43 Å². The van der Waals surface area contributed by atoms with E-state index in [4.69, 9.17) is 5.11 Å². The zero-order valence-electron chi connectivity index (χ0n) is 8.32. The van der Waals surface area contributed by atoms with Crippen LogP contribution in [0.2, 0.25) is 0 Å². The Balaban J connectivity index is 2.84. The molecule has 16 heavy (non-hydrogen) atoms. The minimum atomic E-state index is -2.72. The molecule has 2 rings (SSSR count). The summed E-state index contributed by atoms with van der Waals surface area (Å²) in [6.45, 7) is 0. The van der Waals surface area contributed by atoms with Gasteiger partial charge in [0.25, 0.3) is 6.43 Å². The molecule has 0 saturated heterocycles. The Kier molecular flexibility index (Phi) is 2.34. The monoisotopic (exact) mass is 226 g/mol. The van der Waals surface area contributed by atoms with Crippen molar-refractivity contribution in [1.29, 1.82) is 0 Å². The van der Waals surface area contributed by atoms with Crippen LogP contribution in [-0.2, 0) is 7.05 Å². The van der Waals surface area contributed by atoms with E-state index in [9.17, 15) is 13.6 Å². The topological polar surface area (TPSA) is 55.1 Å². The molecule has 6 heteroatoms. The molecule has 1 aromatic carbocycles. The van der Waals surface area contributed by atoms with Crippen molar-refractivity contribution in [2.24, 2.45) is 7.05 Å². The van der Waals surface area contributed by atoms with Crippen LogP contribution in [0, 0.1) is 0 Å². The van der Waals surface area contributed by atoms with Crippen LogP contribution < -0.4 is 0 Å². The lowest BCUT2D eigenvalue weighted by Gasteiger charge is -1.99. The maximum Gasteiger partial charge on any atom is 0.337 e. The van der Waals surface area contributed by atoms with Gasteiger partial charge in [-0.3, -0.25) is 4.68 Å². The summed E-state index contributed by atoms with van der Waals surface area (Å²) in [7, 11) is 1.45. The van der Waals surface area contributed by atoms with Gasteiger partial charge < -0.3 is 5.11 Å². The number of aromatic nitrogens is 2. The number of carboxylic acid groups (broad SMARTS) is 1. The highest BCUT2D eigenvalue weighted by atomic mass is 19.3. The molecule has 0 aliphatic carbocycles. The molecular weight excluding hydrogens is 218 g/mol. The number of carboxylic acids is 1. The Hall–Kier alpha value is -1.98. The van der Waals surface area contributed by atoms with E-state index in [0.29, 0.717) is 0 Å². The third-order valence-electron chi connectivity index (χ3n) is 2.33. The van der Waals surface area contributed by atoms with Gasteiger partial charge in [0.2, 0.25) is 0 Å². The molecule has 4 nitrogen and oxygen atoms in total. The summed E-state index contributed by atoms with van der Waals surface area (Å²) in [5.41, 5.74) is -0.203. The van der Waals surface area contributed by atoms with Crippen LogP contribution in [0.5, 0.6) is 0 Å². The van der Waals surface area contributed by atoms with Gasteiger partial charge in [-0.15, -0.1) is 0 Å². The van der Waals surface area contributed by atoms with Gasteiger partial charge in [0.05, 0.1) is 11.1 Å². The first-order valence-corrected chi connectivity index (χ1v) is 4.49. The van der Waals surface area contributed by atoms with Crippen LogP contribution in [-0.4, -0.2) is 20.9 Å². The SMILES string of the molecule is Cn1nc(C(F)F)c2cccc(C(=O)O)c21. The number of benzene rings is 1. The van der Waals surface area contributed by atoms with E-state index in [1.165, 1.54) is 29.9 Å². The predicted molar refractivity (Wildman–Crippen MR) is 52.6 cm³/mol. The van der Waals surface area contributed by atoms with Crippen LogP contribution in [0.4, 0.5) is 8.78 Å². The van der Waals surface area contributed by atoms with E-state index in [0.717, 1.165) is 0 Å². The molecule has 1 aromatic heterocycles. The number of hydrogen-bond acceptors (Lipinski definition) is 2. The zero-order chi connectivity index (χ0) is 11.9. The van der Waals surface area contributed by atoms with E-state index in [-0.39, 0.29) is 22.2 Å². The quantitative estimate of drug-likeness (QED) is 0.854. The summed E-state index contributed by atoms with van der Waals surface area (Å²) in [4.78, 5) is 10.9. The number of aromatic carboxylic acids is 1. The number of rotatable bonds is 2. The highest BCUT2D eigenvalue weighted by Crippen LogP contribution is 2.28. The molecule has 0 atom stereocenters. The molecule has 0 amide bonds. The highest BCUT2D eigenvalue weighted by molar-refractivity contribution is 6.02. The van der Waals surface area contributed by atoms with Crippen molar-refractivity contribution in [2.75, 3.05) is 0 Å². The van der Waals surface area contributed by atoms with Crippen LogP contribution >= 0.6 is 0 Å². The minimum Gasteiger partial charge on any atom is -0.478 e. The maximum atomic E-state index is 12.6. The number of carbonyl (C=O) groups is 1. The van der Waals surface area contributed by atoms with Gasteiger partial charge in [-0.05, 0) is 6.07 Å². The number of para-hydroxylation sites is 1. The second kappa shape index (κ2) is 3.55. The summed E-state index contributed by atoms with van der Waals surface area (Å²) in [5.74, 6) is -1.16. The standard InChI is InChI=1S/C10H8F2N2O2/c1-14-8-5(7(13-14)9(11)12)3-2-4-6(8)10(15)16/h2-4,9H,1H3,(H,15,16). The van der Waals surface area contributed by atoms with E-state index in [2.05, 4.69) is 5.10 Å².